The van der Waals surface area contributed by atoms with Gasteiger partial charge in [-0.2, -0.15) is 4.37 Å². The lowest BCUT2D eigenvalue weighted by molar-refractivity contribution is 0.0265. The fraction of sp³-hybridized carbons (Fsp3) is 0.382. The van der Waals surface area contributed by atoms with Gasteiger partial charge in [-0.1, -0.05) is 17.7 Å². The molecule has 0 saturated heterocycles. The number of likely N-dealkylation sites (N-methyl/N-ethyl adjacent to an activating group) is 2. The minimum absolute atomic E-state index is 0.0689. The molecule has 1 aromatic heterocycles. The van der Waals surface area contributed by atoms with Crippen LogP contribution in [0.2, 0.25) is 5.02 Å². The molecule has 3 aromatic carbocycles. The van der Waals surface area contributed by atoms with Gasteiger partial charge in [0.25, 0.3) is 10.0 Å². The van der Waals surface area contributed by atoms with Crippen LogP contribution in [0.1, 0.15) is 38.8 Å². The number of halogens is 3. The number of methoxy groups -OCH3 is 2. The molecule has 0 radical (unpaired) electrons. The summed E-state index contributed by atoms with van der Waals surface area (Å²) < 4.78 is 85.6. The van der Waals surface area contributed by atoms with Crippen LogP contribution in [0.4, 0.5) is 24.4 Å². The summed E-state index contributed by atoms with van der Waals surface area (Å²) in [6.07, 6.45) is 0.716. The Morgan fingerprint density at radius 3 is 2.31 bits per heavy atom. The first-order valence-corrected chi connectivity index (χ1v) is 18.3. The normalized spacial score (nSPS) is 11.6. The van der Waals surface area contributed by atoms with Crippen LogP contribution < -0.4 is 23.4 Å². The number of sulfonamides is 1. The fourth-order valence-corrected chi connectivity index (χ4v) is 7.23. The van der Waals surface area contributed by atoms with Crippen LogP contribution in [-0.4, -0.2) is 75.3 Å². The molecule has 0 aliphatic heterocycles. The van der Waals surface area contributed by atoms with Crippen molar-refractivity contribution in [2.75, 3.05) is 50.1 Å². The Labute approximate surface area is 305 Å². The molecule has 0 N–H and O–H groups in total. The molecule has 4 aromatic rings. The molecule has 12 nitrogen and oxygen atoms in total. The lowest BCUT2D eigenvalue weighted by atomic mass is 10.1. The number of hydrogen-bond donors (Lipinski definition) is 0. The van der Waals surface area contributed by atoms with Crippen molar-refractivity contribution in [2.24, 2.45) is 0 Å². The Kier molecular flexibility index (Phi) is 12.9. The third-order valence-electron chi connectivity index (χ3n) is 7.51. The summed E-state index contributed by atoms with van der Waals surface area (Å²) in [5.41, 5.74) is 0.974. The van der Waals surface area contributed by atoms with Gasteiger partial charge in [0, 0.05) is 78.3 Å². The first-order valence-electron chi connectivity index (χ1n) is 15.7. The summed E-state index contributed by atoms with van der Waals surface area (Å²) in [4.78, 5) is 19.1. The predicted octanol–water partition coefficient (Wildman–Crippen LogP) is 7.15. The van der Waals surface area contributed by atoms with E-state index in [1.54, 1.807) is 69.1 Å². The van der Waals surface area contributed by atoms with Crippen LogP contribution in [0.3, 0.4) is 0 Å². The summed E-state index contributed by atoms with van der Waals surface area (Å²) in [6, 6.07) is 11.0. The van der Waals surface area contributed by atoms with Gasteiger partial charge in [0.1, 0.15) is 40.7 Å². The van der Waals surface area contributed by atoms with E-state index < -0.39 is 44.0 Å². The highest BCUT2D eigenvalue weighted by Crippen LogP contribution is 2.34. The second kappa shape index (κ2) is 16.7. The monoisotopic (exact) mass is 767 g/mol. The van der Waals surface area contributed by atoms with Gasteiger partial charge in [-0.15, -0.1) is 0 Å². The topological polar surface area (TPSA) is 124 Å². The van der Waals surface area contributed by atoms with Crippen molar-refractivity contribution in [3.8, 4) is 17.2 Å². The van der Waals surface area contributed by atoms with Gasteiger partial charge >= 0.3 is 6.09 Å². The van der Waals surface area contributed by atoms with E-state index in [4.69, 9.17) is 30.5 Å². The standard InChI is InChI=1S/C34H40ClF2N5O7S2/c1-8-41(33(43)49-34(2,3)4)14-13-40(5)28-15-24(35)11-9-23(28)20-48-30-17-27(37)31(18-26(30)36)51(44,45)42(32-38-21-39-50-32)19-22-10-12-25(46-6)16-29(22)47-7/h9-12,15-18,21H,8,13-14,19-20H2,1-7H3. The van der Waals surface area contributed by atoms with E-state index in [1.165, 1.54) is 14.2 Å². The molecule has 0 aliphatic rings. The first-order chi connectivity index (χ1) is 24.1. The molecular weight excluding hydrogens is 728 g/mol. The summed E-state index contributed by atoms with van der Waals surface area (Å²) in [6.45, 7) is 7.84. The highest BCUT2D eigenvalue weighted by atomic mass is 35.5. The molecule has 276 valence electrons. The maximum Gasteiger partial charge on any atom is 0.410 e. The van der Waals surface area contributed by atoms with Crippen molar-refractivity contribution in [1.82, 2.24) is 14.3 Å². The van der Waals surface area contributed by atoms with Crippen LogP contribution in [0.5, 0.6) is 17.2 Å². The molecule has 0 bridgehead atoms. The zero-order valence-electron chi connectivity index (χ0n) is 29.3. The van der Waals surface area contributed by atoms with Gasteiger partial charge in [0.2, 0.25) is 5.13 Å². The van der Waals surface area contributed by atoms with Gasteiger partial charge in [-0.25, -0.2) is 31.3 Å². The molecule has 0 fully saturated rings. The average molecular weight is 768 g/mol. The minimum Gasteiger partial charge on any atom is -0.497 e. The maximum atomic E-state index is 15.7. The van der Waals surface area contributed by atoms with Crippen molar-refractivity contribution in [3.05, 3.63) is 82.6 Å². The van der Waals surface area contributed by atoms with Crippen molar-refractivity contribution >= 4 is 50.1 Å². The SMILES string of the molecule is CCN(CCN(C)c1cc(Cl)ccc1COc1cc(F)c(S(=O)(=O)N(Cc2ccc(OC)cc2OC)c2ncns2)cc1F)C(=O)OC(C)(C)C. The second-order valence-electron chi connectivity index (χ2n) is 12.2. The third kappa shape index (κ3) is 9.89. The molecule has 17 heteroatoms. The number of hydrogen-bond acceptors (Lipinski definition) is 11. The first kappa shape index (κ1) is 39.4. The number of rotatable bonds is 15. The minimum atomic E-state index is -4.73. The predicted molar refractivity (Wildman–Crippen MR) is 192 cm³/mol. The Bertz CT molecular complexity index is 1930. The maximum absolute atomic E-state index is 15.7. The summed E-state index contributed by atoms with van der Waals surface area (Å²) in [5.74, 6) is -2.06. The zero-order chi connectivity index (χ0) is 37.5. The number of benzene rings is 3. The summed E-state index contributed by atoms with van der Waals surface area (Å²) in [7, 11) is -0.0507. The summed E-state index contributed by atoms with van der Waals surface area (Å²) >= 11 is 7.06. The third-order valence-corrected chi connectivity index (χ3v) is 10.3. The Morgan fingerprint density at radius 1 is 0.961 bits per heavy atom. The van der Waals surface area contributed by atoms with E-state index in [9.17, 15) is 13.2 Å². The van der Waals surface area contributed by atoms with Gasteiger partial charge in [0.05, 0.1) is 20.8 Å². The smallest absolute Gasteiger partial charge is 0.410 e. The molecule has 0 aliphatic carbocycles. The van der Waals surface area contributed by atoms with Crippen LogP contribution in [0.25, 0.3) is 0 Å². The molecule has 0 atom stereocenters. The van der Waals surface area contributed by atoms with Crippen molar-refractivity contribution < 1.29 is 40.9 Å². The molecule has 0 unspecified atom stereocenters. The number of anilines is 2. The molecule has 51 heavy (non-hydrogen) atoms. The molecule has 0 spiro atoms. The Balaban J connectivity index is 1.56. The lowest BCUT2D eigenvalue weighted by Crippen LogP contribution is -2.40. The number of aromatic nitrogens is 2. The van der Waals surface area contributed by atoms with E-state index in [-0.39, 0.29) is 18.3 Å². The van der Waals surface area contributed by atoms with Crippen molar-refractivity contribution in [2.45, 2.75) is 51.3 Å². The summed E-state index contributed by atoms with van der Waals surface area (Å²) in [5, 5.41) is 0.361. The van der Waals surface area contributed by atoms with Crippen LogP contribution in [0, 0.1) is 11.6 Å². The van der Waals surface area contributed by atoms with Crippen molar-refractivity contribution in [1.29, 1.82) is 0 Å². The van der Waals surface area contributed by atoms with Crippen LogP contribution in [0.15, 0.2) is 59.8 Å². The van der Waals surface area contributed by atoms with Gasteiger partial charge in [-0.3, -0.25) is 0 Å². The number of ether oxygens (including phenoxy) is 4. The van der Waals surface area contributed by atoms with Crippen LogP contribution in [-0.2, 0) is 27.9 Å². The van der Waals surface area contributed by atoms with Gasteiger partial charge in [0.15, 0.2) is 11.6 Å². The van der Waals surface area contributed by atoms with E-state index in [2.05, 4.69) is 9.36 Å². The molecule has 4 rings (SSSR count). The quantitative estimate of drug-likeness (QED) is 0.123. The number of nitrogens with zero attached hydrogens (tertiary/aromatic N) is 5. The van der Waals surface area contributed by atoms with Crippen molar-refractivity contribution in [3.63, 3.8) is 0 Å². The van der Waals surface area contributed by atoms with E-state index in [0.717, 1.165) is 22.2 Å². The molecule has 1 amide bonds. The fourth-order valence-electron chi connectivity index (χ4n) is 4.87. The zero-order valence-corrected chi connectivity index (χ0v) is 31.7. The van der Waals surface area contributed by atoms with E-state index >= 15 is 8.78 Å². The number of carbonyl (C=O) groups is 1. The molecule has 1 heterocycles. The largest absolute Gasteiger partial charge is 0.497 e. The average Bonchev–Trinajstić information content (AvgIpc) is 3.61. The molecular formula is C34H40ClF2N5O7S2. The van der Waals surface area contributed by atoms with E-state index in [1.807, 2.05) is 11.8 Å². The molecule has 0 saturated carbocycles. The second-order valence-corrected chi connectivity index (χ2v) is 15.2. The van der Waals surface area contributed by atoms with Gasteiger partial charge in [-0.05, 0) is 52.0 Å². The number of amides is 1. The Hall–Kier alpha value is -4.41. The number of carbonyl (C=O) groups excluding carboxylic acids is 1. The Morgan fingerprint density at radius 2 is 1.69 bits per heavy atom. The highest BCUT2D eigenvalue weighted by molar-refractivity contribution is 7.93. The van der Waals surface area contributed by atoms with E-state index in [0.29, 0.717) is 65.1 Å². The lowest BCUT2D eigenvalue weighted by Gasteiger charge is -2.29. The van der Waals surface area contributed by atoms with Crippen LogP contribution >= 0.6 is 23.1 Å². The highest BCUT2D eigenvalue weighted by Gasteiger charge is 2.32. The van der Waals surface area contributed by atoms with Gasteiger partial charge < -0.3 is 28.7 Å².